The van der Waals surface area contributed by atoms with Gasteiger partial charge in [0.15, 0.2) is 0 Å². The topological polar surface area (TPSA) is 51.2 Å². The van der Waals surface area contributed by atoms with E-state index in [4.69, 9.17) is 16.3 Å². The normalized spacial score (nSPS) is 13.5. The first kappa shape index (κ1) is 19.6. The van der Waals surface area contributed by atoms with E-state index < -0.39 is 6.09 Å². The predicted molar refractivity (Wildman–Crippen MR) is 123 cm³/mol. The van der Waals surface area contributed by atoms with Crippen molar-refractivity contribution in [1.29, 1.82) is 0 Å². The number of carbonyl (C=O) groups excluding carboxylic acids is 1. The minimum absolute atomic E-state index is 0.0293. The van der Waals surface area contributed by atoms with Gasteiger partial charge in [0.05, 0.1) is 11.7 Å². The number of hydrogen-bond donors (Lipinski definition) is 1. The maximum Gasteiger partial charge on any atom is 0.407 e. The number of aromatic nitrogens is 1. The van der Waals surface area contributed by atoms with Gasteiger partial charge in [0, 0.05) is 11.3 Å². The van der Waals surface area contributed by atoms with Gasteiger partial charge in [0.2, 0.25) is 0 Å². The van der Waals surface area contributed by atoms with Gasteiger partial charge in [0.25, 0.3) is 0 Å². The van der Waals surface area contributed by atoms with Crippen LogP contribution in [0.4, 0.5) is 4.79 Å². The molecule has 154 valence electrons. The number of halogens is 1. The summed E-state index contributed by atoms with van der Waals surface area (Å²) in [5.74, 6) is 0.0293. The largest absolute Gasteiger partial charge is 0.449 e. The molecule has 0 saturated heterocycles. The van der Waals surface area contributed by atoms with Gasteiger partial charge in [-0.2, -0.15) is 0 Å². The van der Waals surface area contributed by atoms with Crippen molar-refractivity contribution in [2.24, 2.45) is 0 Å². The Morgan fingerprint density at radius 2 is 1.61 bits per heavy atom. The van der Waals surface area contributed by atoms with E-state index in [1.165, 1.54) is 22.3 Å². The highest BCUT2D eigenvalue weighted by atomic mass is 35.5. The minimum atomic E-state index is -0.472. The van der Waals surface area contributed by atoms with E-state index in [1.807, 2.05) is 61.5 Å². The second-order valence-electron chi connectivity index (χ2n) is 7.75. The number of fused-ring (bicyclic) bond motifs is 4. The standard InChI is InChI=1S/C26H21ClN2O2/c1-16(24-14-17-8-2-3-9-18(17)25(27)29-24)28-26(30)31-15-23-21-12-6-4-10-19(21)20-11-5-7-13-22(20)23/h2-14,16,23H,15H2,1H3,(H,28,30)/t16-/m0/s1. The number of nitrogens with one attached hydrogen (secondary N) is 1. The van der Waals surface area contributed by atoms with Crippen LogP contribution in [0.15, 0.2) is 78.9 Å². The van der Waals surface area contributed by atoms with Crippen LogP contribution in [0.3, 0.4) is 0 Å². The predicted octanol–water partition coefficient (Wildman–Crippen LogP) is 6.49. The lowest BCUT2D eigenvalue weighted by molar-refractivity contribution is 0.139. The van der Waals surface area contributed by atoms with Crippen LogP contribution >= 0.6 is 11.6 Å². The number of rotatable bonds is 4. The fourth-order valence-electron chi connectivity index (χ4n) is 4.29. The number of benzene rings is 3. The van der Waals surface area contributed by atoms with Crippen molar-refractivity contribution >= 4 is 28.5 Å². The molecule has 1 heterocycles. The molecule has 0 fully saturated rings. The third-order valence-electron chi connectivity index (χ3n) is 5.84. The summed E-state index contributed by atoms with van der Waals surface area (Å²) in [6.07, 6.45) is -0.472. The third-order valence-corrected chi connectivity index (χ3v) is 6.12. The molecule has 1 aliphatic carbocycles. The Kier molecular flexibility index (Phi) is 5.08. The second kappa shape index (κ2) is 8.05. The van der Waals surface area contributed by atoms with Crippen LogP contribution in [0.1, 0.15) is 35.7 Å². The average molecular weight is 429 g/mol. The molecule has 1 aliphatic rings. The maximum atomic E-state index is 12.6. The molecule has 31 heavy (non-hydrogen) atoms. The van der Waals surface area contributed by atoms with Crippen molar-refractivity contribution in [3.8, 4) is 11.1 Å². The zero-order chi connectivity index (χ0) is 21.4. The molecular weight excluding hydrogens is 408 g/mol. The lowest BCUT2D eigenvalue weighted by Crippen LogP contribution is -2.29. The van der Waals surface area contributed by atoms with Gasteiger partial charge >= 0.3 is 6.09 Å². The third kappa shape index (κ3) is 3.64. The fraction of sp³-hybridized carbons (Fsp3) is 0.154. The number of alkyl carbamates (subject to hydrolysis) is 1. The van der Waals surface area contributed by atoms with Crippen LogP contribution in [0.25, 0.3) is 21.9 Å². The van der Waals surface area contributed by atoms with Crippen LogP contribution < -0.4 is 5.32 Å². The molecule has 1 amide bonds. The Bertz CT molecular complexity index is 1240. The molecule has 1 aromatic heterocycles. The molecule has 0 saturated carbocycles. The summed E-state index contributed by atoms with van der Waals surface area (Å²) in [7, 11) is 0. The van der Waals surface area contributed by atoms with Gasteiger partial charge in [-0.1, -0.05) is 84.4 Å². The molecule has 0 radical (unpaired) electrons. The average Bonchev–Trinajstić information content (AvgIpc) is 3.11. The molecule has 1 N–H and O–H groups in total. The summed E-state index contributed by atoms with van der Waals surface area (Å²) in [5, 5.41) is 5.18. The first-order valence-corrected chi connectivity index (χ1v) is 10.7. The van der Waals surface area contributed by atoms with E-state index in [0.29, 0.717) is 10.8 Å². The molecule has 0 aliphatic heterocycles. The van der Waals surface area contributed by atoms with E-state index in [1.54, 1.807) is 0 Å². The quantitative estimate of drug-likeness (QED) is 0.378. The summed E-state index contributed by atoms with van der Waals surface area (Å²) in [6, 6.07) is 25.9. The Morgan fingerprint density at radius 3 is 2.32 bits per heavy atom. The zero-order valence-electron chi connectivity index (χ0n) is 17.0. The van der Waals surface area contributed by atoms with E-state index in [-0.39, 0.29) is 18.6 Å². The van der Waals surface area contributed by atoms with Crippen molar-refractivity contribution < 1.29 is 9.53 Å². The van der Waals surface area contributed by atoms with E-state index >= 15 is 0 Å². The lowest BCUT2D eigenvalue weighted by atomic mass is 9.98. The van der Waals surface area contributed by atoms with Crippen molar-refractivity contribution in [1.82, 2.24) is 10.3 Å². The van der Waals surface area contributed by atoms with Crippen LogP contribution in [0, 0.1) is 0 Å². The molecule has 0 spiro atoms. The Morgan fingerprint density at radius 1 is 1.00 bits per heavy atom. The SMILES string of the molecule is C[C@H](NC(=O)OCC1c2ccccc2-c2ccccc21)c1cc2ccccc2c(Cl)n1. The van der Waals surface area contributed by atoms with Gasteiger partial charge in [-0.25, -0.2) is 9.78 Å². The molecule has 1 atom stereocenters. The van der Waals surface area contributed by atoms with Crippen LogP contribution in [-0.2, 0) is 4.74 Å². The van der Waals surface area contributed by atoms with Gasteiger partial charge in [-0.15, -0.1) is 0 Å². The highest BCUT2D eigenvalue weighted by molar-refractivity contribution is 6.34. The first-order chi connectivity index (χ1) is 15.1. The highest BCUT2D eigenvalue weighted by Gasteiger charge is 2.29. The van der Waals surface area contributed by atoms with Crippen molar-refractivity contribution in [2.75, 3.05) is 6.61 Å². The monoisotopic (exact) mass is 428 g/mol. The maximum absolute atomic E-state index is 12.6. The number of hydrogen-bond acceptors (Lipinski definition) is 3. The van der Waals surface area contributed by atoms with E-state index in [2.05, 4.69) is 34.6 Å². The summed E-state index contributed by atoms with van der Waals surface area (Å²) < 4.78 is 5.64. The van der Waals surface area contributed by atoms with Gasteiger partial charge in [-0.3, -0.25) is 0 Å². The van der Waals surface area contributed by atoms with Gasteiger partial charge in [-0.05, 0) is 40.6 Å². The molecule has 0 unspecified atom stereocenters. The van der Waals surface area contributed by atoms with Crippen molar-refractivity contribution in [3.05, 3.63) is 101 Å². The van der Waals surface area contributed by atoms with Crippen LogP contribution in [0.2, 0.25) is 5.15 Å². The highest BCUT2D eigenvalue weighted by Crippen LogP contribution is 2.44. The number of pyridine rings is 1. The minimum Gasteiger partial charge on any atom is -0.449 e. The number of ether oxygens (including phenoxy) is 1. The fourth-order valence-corrected chi connectivity index (χ4v) is 4.56. The Hall–Kier alpha value is -3.37. The van der Waals surface area contributed by atoms with Crippen LogP contribution in [0.5, 0.6) is 0 Å². The van der Waals surface area contributed by atoms with Gasteiger partial charge < -0.3 is 10.1 Å². The molecule has 4 nitrogen and oxygen atoms in total. The number of amides is 1. The Labute approximate surface area is 185 Å². The zero-order valence-corrected chi connectivity index (χ0v) is 17.8. The van der Waals surface area contributed by atoms with E-state index in [0.717, 1.165) is 10.8 Å². The summed E-state index contributed by atoms with van der Waals surface area (Å²) in [6.45, 7) is 2.15. The summed E-state index contributed by atoms with van der Waals surface area (Å²) in [5.41, 5.74) is 5.48. The summed E-state index contributed by atoms with van der Waals surface area (Å²) >= 11 is 6.33. The lowest BCUT2D eigenvalue weighted by Gasteiger charge is -2.17. The van der Waals surface area contributed by atoms with Crippen molar-refractivity contribution in [3.63, 3.8) is 0 Å². The first-order valence-electron chi connectivity index (χ1n) is 10.3. The summed E-state index contributed by atoms with van der Waals surface area (Å²) in [4.78, 5) is 17.0. The Balaban J connectivity index is 1.30. The number of carbonyl (C=O) groups is 1. The van der Waals surface area contributed by atoms with Crippen molar-refractivity contribution in [2.45, 2.75) is 18.9 Å². The molecule has 0 bridgehead atoms. The molecule has 4 aromatic rings. The molecule has 5 heteroatoms. The molecule has 3 aromatic carbocycles. The van der Waals surface area contributed by atoms with E-state index in [9.17, 15) is 4.79 Å². The van der Waals surface area contributed by atoms with Crippen LogP contribution in [-0.4, -0.2) is 17.7 Å². The molecular formula is C26H21ClN2O2. The smallest absolute Gasteiger partial charge is 0.407 e. The van der Waals surface area contributed by atoms with Gasteiger partial charge in [0.1, 0.15) is 11.8 Å². The number of nitrogens with zero attached hydrogens (tertiary/aromatic N) is 1. The second-order valence-corrected chi connectivity index (χ2v) is 8.11. The molecule has 5 rings (SSSR count).